The quantitative estimate of drug-likeness (QED) is 0.912. The summed E-state index contributed by atoms with van der Waals surface area (Å²) in [6.07, 6.45) is 0.752. The van der Waals surface area contributed by atoms with Gasteiger partial charge in [0.25, 0.3) is 0 Å². The average molecular weight is 257 g/mol. The molecule has 100 valence electrons. The van der Waals surface area contributed by atoms with Gasteiger partial charge < -0.3 is 9.67 Å². The number of nitrogens with zero attached hydrogens (tertiary/aromatic N) is 1. The average Bonchev–Trinajstić information content (AvgIpc) is 2.37. The minimum atomic E-state index is -0.0389. The SMILES string of the molecule is Cc1cc(=O)cc(C)n1C(CO)Cc1ccccc1. The fraction of sp³-hybridized carbons (Fsp3) is 0.312. The molecule has 3 heteroatoms. The second-order valence-electron chi connectivity index (χ2n) is 4.87. The van der Waals surface area contributed by atoms with E-state index in [1.54, 1.807) is 12.1 Å². The molecule has 1 aromatic carbocycles. The lowest BCUT2D eigenvalue weighted by atomic mass is 10.1. The van der Waals surface area contributed by atoms with Crippen LogP contribution < -0.4 is 5.43 Å². The highest BCUT2D eigenvalue weighted by Gasteiger charge is 2.14. The largest absolute Gasteiger partial charge is 0.394 e. The normalized spacial score (nSPS) is 12.4. The number of aryl methyl sites for hydroxylation is 2. The van der Waals surface area contributed by atoms with Crippen LogP contribution in [0.2, 0.25) is 0 Å². The summed E-state index contributed by atoms with van der Waals surface area (Å²) in [7, 11) is 0. The van der Waals surface area contributed by atoms with E-state index in [-0.39, 0.29) is 18.1 Å². The number of rotatable bonds is 4. The molecule has 0 radical (unpaired) electrons. The maximum Gasteiger partial charge on any atom is 0.182 e. The third-order valence-corrected chi connectivity index (χ3v) is 3.35. The van der Waals surface area contributed by atoms with Crippen LogP contribution in [0.25, 0.3) is 0 Å². The highest BCUT2D eigenvalue weighted by atomic mass is 16.3. The topological polar surface area (TPSA) is 42.2 Å². The molecule has 0 saturated carbocycles. The van der Waals surface area contributed by atoms with Crippen molar-refractivity contribution < 1.29 is 5.11 Å². The molecule has 2 rings (SSSR count). The fourth-order valence-corrected chi connectivity index (χ4v) is 2.57. The molecular weight excluding hydrogens is 238 g/mol. The van der Waals surface area contributed by atoms with Crippen molar-refractivity contribution in [3.63, 3.8) is 0 Å². The van der Waals surface area contributed by atoms with Crippen LogP contribution in [0.3, 0.4) is 0 Å². The first-order chi connectivity index (χ1) is 9.11. The van der Waals surface area contributed by atoms with E-state index in [0.717, 1.165) is 17.8 Å². The molecule has 0 bridgehead atoms. The Morgan fingerprint density at radius 2 is 1.68 bits per heavy atom. The van der Waals surface area contributed by atoms with E-state index in [1.807, 2.05) is 36.6 Å². The van der Waals surface area contributed by atoms with Gasteiger partial charge in [0.1, 0.15) is 0 Å². The van der Waals surface area contributed by atoms with E-state index < -0.39 is 0 Å². The molecule has 0 aliphatic heterocycles. The summed E-state index contributed by atoms with van der Waals surface area (Å²) < 4.78 is 2.04. The minimum absolute atomic E-state index is 0.0163. The van der Waals surface area contributed by atoms with Crippen LogP contribution in [-0.2, 0) is 6.42 Å². The second kappa shape index (κ2) is 5.85. The third-order valence-electron chi connectivity index (χ3n) is 3.35. The van der Waals surface area contributed by atoms with Gasteiger partial charge in [-0.3, -0.25) is 4.79 Å². The van der Waals surface area contributed by atoms with Crippen molar-refractivity contribution in [2.24, 2.45) is 0 Å². The number of aliphatic hydroxyl groups excluding tert-OH is 1. The van der Waals surface area contributed by atoms with Gasteiger partial charge in [-0.15, -0.1) is 0 Å². The van der Waals surface area contributed by atoms with E-state index >= 15 is 0 Å². The maximum atomic E-state index is 11.5. The molecule has 0 fully saturated rings. The molecule has 1 unspecified atom stereocenters. The predicted molar refractivity (Wildman–Crippen MR) is 76.4 cm³/mol. The third kappa shape index (κ3) is 3.12. The molecule has 0 saturated heterocycles. The molecule has 1 aromatic heterocycles. The number of pyridine rings is 1. The summed E-state index contributed by atoms with van der Waals surface area (Å²) >= 11 is 0. The summed E-state index contributed by atoms with van der Waals surface area (Å²) in [6.45, 7) is 3.86. The highest BCUT2D eigenvalue weighted by Crippen LogP contribution is 2.17. The van der Waals surface area contributed by atoms with Gasteiger partial charge in [-0.2, -0.15) is 0 Å². The Labute approximate surface area is 113 Å². The molecule has 0 amide bonds. The van der Waals surface area contributed by atoms with E-state index in [9.17, 15) is 9.90 Å². The zero-order valence-electron chi connectivity index (χ0n) is 11.3. The van der Waals surface area contributed by atoms with Gasteiger partial charge in [0.2, 0.25) is 0 Å². The predicted octanol–water partition coefficient (Wildman–Crippen LogP) is 2.24. The standard InChI is InChI=1S/C16H19NO2/c1-12-8-16(19)9-13(2)17(12)15(11-18)10-14-6-4-3-5-7-14/h3-9,15,18H,10-11H2,1-2H3. The van der Waals surface area contributed by atoms with Crippen molar-refractivity contribution >= 4 is 0 Å². The van der Waals surface area contributed by atoms with Gasteiger partial charge in [-0.05, 0) is 25.8 Å². The summed E-state index contributed by atoms with van der Waals surface area (Å²) in [6, 6.07) is 13.3. The van der Waals surface area contributed by atoms with Crippen LogP contribution in [0.4, 0.5) is 0 Å². The molecule has 3 nitrogen and oxygen atoms in total. The van der Waals surface area contributed by atoms with Crippen molar-refractivity contribution in [2.75, 3.05) is 6.61 Å². The Morgan fingerprint density at radius 3 is 2.21 bits per heavy atom. The molecule has 0 aliphatic rings. The minimum Gasteiger partial charge on any atom is -0.394 e. The Bertz CT molecular complexity index is 576. The summed E-state index contributed by atoms with van der Waals surface area (Å²) in [4.78, 5) is 11.5. The van der Waals surface area contributed by atoms with Crippen molar-refractivity contribution in [1.82, 2.24) is 4.57 Å². The van der Waals surface area contributed by atoms with Gasteiger partial charge in [0, 0.05) is 23.5 Å². The monoisotopic (exact) mass is 257 g/mol. The molecule has 0 spiro atoms. The van der Waals surface area contributed by atoms with Gasteiger partial charge in [0.15, 0.2) is 5.43 Å². The summed E-state index contributed by atoms with van der Waals surface area (Å²) in [5.41, 5.74) is 2.97. The molecule has 19 heavy (non-hydrogen) atoms. The van der Waals surface area contributed by atoms with Crippen LogP contribution in [0, 0.1) is 13.8 Å². The fourth-order valence-electron chi connectivity index (χ4n) is 2.57. The van der Waals surface area contributed by atoms with E-state index in [0.29, 0.717) is 0 Å². The summed E-state index contributed by atoms with van der Waals surface area (Å²) in [5, 5.41) is 9.66. The first-order valence-electron chi connectivity index (χ1n) is 6.46. The molecular formula is C16H19NO2. The first kappa shape index (κ1) is 13.6. The lowest BCUT2D eigenvalue weighted by Gasteiger charge is -2.23. The van der Waals surface area contributed by atoms with Crippen molar-refractivity contribution in [1.29, 1.82) is 0 Å². The number of hydrogen-bond donors (Lipinski definition) is 1. The molecule has 0 aliphatic carbocycles. The summed E-state index contributed by atoms with van der Waals surface area (Å²) in [5.74, 6) is 0. The van der Waals surface area contributed by atoms with Gasteiger partial charge in [-0.25, -0.2) is 0 Å². The maximum absolute atomic E-state index is 11.5. The van der Waals surface area contributed by atoms with E-state index in [1.165, 1.54) is 5.56 Å². The molecule has 1 N–H and O–H groups in total. The number of aromatic nitrogens is 1. The molecule has 2 aromatic rings. The van der Waals surface area contributed by atoms with E-state index in [2.05, 4.69) is 12.1 Å². The number of hydrogen-bond acceptors (Lipinski definition) is 2. The van der Waals surface area contributed by atoms with Crippen LogP contribution in [0.5, 0.6) is 0 Å². The van der Waals surface area contributed by atoms with Crippen molar-refractivity contribution in [2.45, 2.75) is 26.3 Å². The van der Waals surface area contributed by atoms with Crippen LogP contribution in [-0.4, -0.2) is 16.3 Å². The first-order valence-corrected chi connectivity index (χ1v) is 6.46. The van der Waals surface area contributed by atoms with Crippen LogP contribution in [0.15, 0.2) is 47.3 Å². The Morgan fingerprint density at radius 1 is 1.11 bits per heavy atom. The Hall–Kier alpha value is -1.87. The lowest BCUT2D eigenvalue weighted by molar-refractivity contribution is 0.223. The van der Waals surface area contributed by atoms with Crippen molar-refractivity contribution in [3.8, 4) is 0 Å². The smallest absolute Gasteiger partial charge is 0.182 e. The van der Waals surface area contributed by atoms with Crippen molar-refractivity contribution in [3.05, 3.63) is 69.6 Å². The van der Waals surface area contributed by atoms with E-state index in [4.69, 9.17) is 0 Å². The zero-order chi connectivity index (χ0) is 13.8. The van der Waals surface area contributed by atoms with Crippen LogP contribution >= 0.6 is 0 Å². The Balaban J connectivity index is 2.35. The number of benzene rings is 1. The zero-order valence-corrected chi connectivity index (χ0v) is 11.3. The second-order valence-corrected chi connectivity index (χ2v) is 4.87. The van der Waals surface area contributed by atoms with Gasteiger partial charge >= 0.3 is 0 Å². The molecule has 1 heterocycles. The van der Waals surface area contributed by atoms with Gasteiger partial charge in [-0.1, -0.05) is 30.3 Å². The highest BCUT2D eigenvalue weighted by molar-refractivity contribution is 5.18. The van der Waals surface area contributed by atoms with Crippen LogP contribution in [0.1, 0.15) is 23.0 Å². The van der Waals surface area contributed by atoms with Gasteiger partial charge in [0.05, 0.1) is 12.6 Å². The number of aliphatic hydroxyl groups is 1. The Kier molecular flexibility index (Phi) is 4.17. The molecule has 1 atom stereocenters. The lowest BCUT2D eigenvalue weighted by Crippen LogP contribution is -2.22.